The lowest BCUT2D eigenvalue weighted by Crippen LogP contribution is -2.05. The number of rotatable bonds is 3. The van der Waals surface area contributed by atoms with E-state index in [0.717, 1.165) is 11.6 Å². The first-order chi connectivity index (χ1) is 8.08. The zero-order valence-corrected chi connectivity index (χ0v) is 10.9. The number of hydrogen-bond acceptors (Lipinski definition) is 2. The summed E-state index contributed by atoms with van der Waals surface area (Å²) in [5.74, 6) is 0.895. The molecule has 90 valence electrons. The Morgan fingerprint density at radius 3 is 2.65 bits per heavy atom. The van der Waals surface area contributed by atoms with Crippen LogP contribution < -0.4 is 5.32 Å². The lowest BCUT2D eigenvalue weighted by atomic mass is 10.1. The van der Waals surface area contributed by atoms with Gasteiger partial charge >= 0.3 is 0 Å². The molecule has 0 aliphatic rings. The molecule has 0 aliphatic carbocycles. The van der Waals surface area contributed by atoms with Crippen LogP contribution in [-0.2, 0) is 0 Å². The van der Waals surface area contributed by atoms with Crippen molar-refractivity contribution < 1.29 is 0 Å². The normalized spacial score (nSPS) is 10.9. The first kappa shape index (κ1) is 11.7. The maximum absolute atomic E-state index is 4.35. The predicted octanol–water partition coefficient (Wildman–Crippen LogP) is 3.82. The molecule has 0 aliphatic heterocycles. The van der Waals surface area contributed by atoms with Gasteiger partial charge in [-0.15, -0.1) is 0 Å². The number of benzene rings is 1. The molecule has 0 saturated heterocycles. The van der Waals surface area contributed by atoms with Crippen LogP contribution in [0.25, 0.3) is 0 Å². The Morgan fingerprint density at radius 2 is 2.00 bits per heavy atom. The highest BCUT2D eigenvalue weighted by Crippen LogP contribution is 2.22. The highest BCUT2D eigenvalue weighted by molar-refractivity contribution is 5.59. The summed E-state index contributed by atoms with van der Waals surface area (Å²) in [5.41, 5.74) is 3.63. The highest BCUT2D eigenvalue weighted by Gasteiger charge is 2.07. The third kappa shape index (κ3) is 2.49. The van der Waals surface area contributed by atoms with Crippen LogP contribution in [0.5, 0.6) is 0 Å². The second kappa shape index (κ2) is 4.62. The summed E-state index contributed by atoms with van der Waals surface area (Å²) in [6.45, 7) is 8.51. The molecule has 1 heterocycles. The van der Waals surface area contributed by atoms with Crippen LogP contribution in [0.1, 0.15) is 31.0 Å². The zero-order valence-electron chi connectivity index (χ0n) is 10.9. The lowest BCUT2D eigenvalue weighted by molar-refractivity contribution is 0.608. The van der Waals surface area contributed by atoms with Crippen LogP contribution in [-0.4, -0.2) is 9.55 Å². The molecule has 2 rings (SSSR count). The van der Waals surface area contributed by atoms with Crippen molar-refractivity contribution in [2.75, 3.05) is 5.32 Å². The molecule has 2 aromatic rings. The van der Waals surface area contributed by atoms with Gasteiger partial charge in [0, 0.05) is 24.1 Å². The van der Waals surface area contributed by atoms with Gasteiger partial charge in [-0.2, -0.15) is 0 Å². The molecular formula is C14H19N3. The minimum atomic E-state index is 0.408. The predicted molar refractivity (Wildman–Crippen MR) is 71.8 cm³/mol. The van der Waals surface area contributed by atoms with Crippen LogP contribution >= 0.6 is 0 Å². The average molecular weight is 229 g/mol. The largest absolute Gasteiger partial charge is 0.325 e. The standard InChI is InChI=1S/C14H19N3/c1-10(2)17-8-7-15-14(17)16-13-6-5-11(3)9-12(13)4/h5-10H,1-4H3,(H,15,16). The number of hydrogen-bond donors (Lipinski definition) is 1. The van der Waals surface area contributed by atoms with Gasteiger partial charge < -0.3 is 9.88 Å². The van der Waals surface area contributed by atoms with Crippen LogP contribution in [0.4, 0.5) is 11.6 Å². The maximum Gasteiger partial charge on any atom is 0.207 e. The Kier molecular flexibility index (Phi) is 3.18. The minimum absolute atomic E-state index is 0.408. The summed E-state index contributed by atoms with van der Waals surface area (Å²) in [6.07, 6.45) is 3.82. The van der Waals surface area contributed by atoms with E-state index in [1.807, 2.05) is 12.4 Å². The fourth-order valence-electron chi connectivity index (χ4n) is 1.90. The molecular weight excluding hydrogens is 210 g/mol. The van der Waals surface area contributed by atoms with Crippen molar-refractivity contribution in [2.45, 2.75) is 33.7 Å². The van der Waals surface area contributed by atoms with Gasteiger partial charge in [0.05, 0.1) is 0 Å². The molecule has 3 heteroatoms. The van der Waals surface area contributed by atoms with Gasteiger partial charge in [0.2, 0.25) is 5.95 Å². The van der Waals surface area contributed by atoms with Crippen LogP contribution in [0.15, 0.2) is 30.6 Å². The maximum atomic E-state index is 4.35. The molecule has 0 radical (unpaired) electrons. The smallest absolute Gasteiger partial charge is 0.207 e. The first-order valence-electron chi connectivity index (χ1n) is 5.95. The minimum Gasteiger partial charge on any atom is -0.325 e. The summed E-state index contributed by atoms with van der Waals surface area (Å²) in [6, 6.07) is 6.79. The second-order valence-corrected chi connectivity index (χ2v) is 4.70. The van der Waals surface area contributed by atoms with Crippen molar-refractivity contribution in [3.05, 3.63) is 41.7 Å². The van der Waals surface area contributed by atoms with Gasteiger partial charge in [-0.1, -0.05) is 17.7 Å². The van der Waals surface area contributed by atoms with E-state index in [1.165, 1.54) is 11.1 Å². The molecule has 0 bridgehead atoms. The van der Waals surface area contributed by atoms with Crippen LogP contribution in [0.3, 0.4) is 0 Å². The Morgan fingerprint density at radius 1 is 1.24 bits per heavy atom. The molecule has 1 aromatic heterocycles. The van der Waals surface area contributed by atoms with Gasteiger partial charge in [0.1, 0.15) is 0 Å². The number of nitrogens with zero attached hydrogens (tertiary/aromatic N) is 2. The van der Waals surface area contributed by atoms with E-state index >= 15 is 0 Å². The Bertz CT molecular complexity index is 512. The molecule has 1 N–H and O–H groups in total. The molecule has 0 fully saturated rings. The fourth-order valence-corrected chi connectivity index (χ4v) is 1.90. The Labute approximate surface area is 103 Å². The van der Waals surface area contributed by atoms with Crippen LogP contribution in [0, 0.1) is 13.8 Å². The quantitative estimate of drug-likeness (QED) is 0.867. The third-order valence-electron chi connectivity index (χ3n) is 2.85. The van der Waals surface area contributed by atoms with Crippen LogP contribution in [0.2, 0.25) is 0 Å². The summed E-state index contributed by atoms with van der Waals surface area (Å²) < 4.78 is 2.12. The summed E-state index contributed by atoms with van der Waals surface area (Å²) >= 11 is 0. The van der Waals surface area contributed by atoms with E-state index in [9.17, 15) is 0 Å². The Balaban J connectivity index is 2.28. The third-order valence-corrected chi connectivity index (χ3v) is 2.85. The van der Waals surface area contributed by atoms with Crippen molar-refractivity contribution >= 4 is 11.6 Å². The number of aromatic nitrogens is 2. The SMILES string of the molecule is Cc1ccc(Nc2nccn2C(C)C)c(C)c1. The number of imidazole rings is 1. The molecule has 0 atom stereocenters. The molecule has 1 aromatic carbocycles. The van der Waals surface area contributed by atoms with E-state index in [-0.39, 0.29) is 0 Å². The number of anilines is 2. The molecule has 17 heavy (non-hydrogen) atoms. The lowest BCUT2D eigenvalue weighted by Gasteiger charge is -2.14. The summed E-state index contributed by atoms with van der Waals surface area (Å²) in [7, 11) is 0. The Hall–Kier alpha value is -1.77. The monoisotopic (exact) mass is 229 g/mol. The van der Waals surface area contributed by atoms with Gasteiger partial charge in [-0.05, 0) is 39.3 Å². The van der Waals surface area contributed by atoms with E-state index in [4.69, 9.17) is 0 Å². The number of nitrogens with one attached hydrogen (secondary N) is 1. The summed E-state index contributed by atoms with van der Waals surface area (Å²) in [5, 5.41) is 3.38. The van der Waals surface area contributed by atoms with E-state index in [2.05, 4.69) is 60.8 Å². The second-order valence-electron chi connectivity index (χ2n) is 4.70. The molecule has 0 unspecified atom stereocenters. The van der Waals surface area contributed by atoms with E-state index in [1.54, 1.807) is 0 Å². The topological polar surface area (TPSA) is 29.9 Å². The van der Waals surface area contributed by atoms with Crippen molar-refractivity contribution in [1.29, 1.82) is 0 Å². The van der Waals surface area contributed by atoms with Gasteiger partial charge in [-0.25, -0.2) is 4.98 Å². The van der Waals surface area contributed by atoms with Crippen molar-refractivity contribution in [1.82, 2.24) is 9.55 Å². The number of aryl methyl sites for hydroxylation is 2. The van der Waals surface area contributed by atoms with Crippen molar-refractivity contribution in [3.63, 3.8) is 0 Å². The zero-order chi connectivity index (χ0) is 12.4. The first-order valence-corrected chi connectivity index (χ1v) is 5.95. The molecule has 3 nitrogen and oxygen atoms in total. The van der Waals surface area contributed by atoms with Gasteiger partial charge in [-0.3, -0.25) is 0 Å². The molecule has 0 saturated carbocycles. The fraction of sp³-hybridized carbons (Fsp3) is 0.357. The highest BCUT2D eigenvalue weighted by atomic mass is 15.2. The molecule has 0 amide bonds. The summed E-state index contributed by atoms with van der Waals surface area (Å²) in [4.78, 5) is 4.35. The van der Waals surface area contributed by atoms with Gasteiger partial charge in [0.15, 0.2) is 0 Å². The van der Waals surface area contributed by atoms with E-state index < -0.39 is 0 Å². The average Bonchev–Trinajstić information content (AvgIpc) is 2.70. The van der Waals surface area contributed by atoms with Gasteiger partial charge in [0.25, 0.3) is 0 Å². The van der Waals surface area contributed by atoms with E-state index in [0.29, 0.717) is 6.04 Å². The van der Waals surface area contributed by atoms with Crippen molar-refractivity contribution in [2.24, 2.45) is 0 Å². The van der Waals surface area contributed by atoms with Crippen molar-refractivity contribution in [3.8, 4) is 0 Å². The molecule has 0 spiro atoms.